The Morgan fingerprint density at radius 1 is 1.14 bits per heavy atom. The topological polar surface area (TPSA) is 64.6 Å². The van der Waals surface area contributed by atoms with Crippen LogP contribution < -0.4 is 10.2 Å². The van der Waals surface area contributed by atoms with E-state index >= 15 is 0 Å². The summed E-state index contributed by atoms with van der Waals surface area (Å²) in [6, 6.07) is 3.44. The van der Waals surface area contributed by atoms with Crippen molar-refractivity contribution in [2.24, 2.45) is 0 Å². The van der Waals surface area contributed by atoms with Crippen LogP contribution in [-0.2, 0) is 19.3 Å². The summed E-state index contributed by atoms with van der Waals surface area (Å²) in [4.78, 5) is -0.0510. The van der Waals surface area contributed by atoms with E-state index < -0.39 is 34.2 Å². The van der Waals surface area contributed by atoms with E-state index in [1.54, 1.807) is 0 Å². The van der Waals surface area contributed by atoms with Gasteiger partial charge in [0.1, 0.15) is 5.82 Å². The van der Waals surface area contributed by atoms with Gasteiger partial charge in [-0.2, -0.15) is 0 Å². The summed E-state index contributed by atoms with van der Waals surface area (Å²) >= 11 is 0. The molecule has 1 heterocycles. The maximum Gasteiger partial charge on any atom is 0.496 e. The fourth-order valence-electron chi connectivity index (χ4n) is 2.03. The molecule has 2 rings (SSSR count). The van der Waals surface area contributed by atoms with Gasteiger partial charge in [-0.05, 0) is 52.9 Å². The second kappa shape index (κ2) is 5.05. The van der Waals surface area contributed by atoms with Crippen LogP contribution in [0.15, 0.2) is 23.1 Å². The highest BCUT2D eigenvalue weighted by molar-refractivity contribution is 7.89. The van der Waals surface area contributed by atoms with Gasteiger partial charge >= 0.3 is 7.12 Å². The first-order chi connectivity index (χ1) is 9.50. The fraction of sp³-hybridized carbons (Fsp3) is 0.538. The molecule has 0 radical (unpaired) electrons. The highest BCUT2D eigenvalue weighted by Crippen LogP contribution is 2.36. The number of hydrogen-bond donors (Lipinski definition) is 1. The van der Waals surface area contributed by atoms with Gasteiger partial charge in [-0.3, -0.25) is 0 Å². The molecule has 0 amide bonds. The van der Waals surface area contributed by atoms with E-state index in [4.69, 9.17) is 9.31 Å². The summed E-state index contributed by atoms with van der Waals surface area (Å²) in [5.74, 6) is -0.547. The van der Waals surface area contributed by atoms with Crippen LogP contribution in [0.4, 0.5) is 4.39 Å². The first kappa shape index (κ1) is 16.4. The van der Waals surface area contributed by atoms with E-state index in [0.29, 0.717) is 0 Å². The molecule has 1 aromatic carbocycles. The van der Waals surface area contributed by atoms with Gasteiger partial charge < -0.3 is 9.31 Å². The Labute approximate surface area is 125 Å². The summed E-state index contributed by atoms with van der Waals surface area (Å²) in [5.41, 5.74) is -1.11. The number of rotatable bonds is 3. The Morgan fingerprint density at radius 3 is 2.14 bits per heavy atom. The molecule has 5 nitrogen and oxygen atoms in total. The molecule has 1 fully saturated rings. The number of benzene rings is 1. The van der Waals surface area contributed by atoms with Crippen molar-refractivity contribution >= 4 is 22.6 Å². The summed E-state index contributed by atoms with van der Waals surface area (Å²) in [6.45, 7) is 7.38. The lowest BCUT2D eigenvalue weighted by molar-refractivity contribution is 0.00578. The Morgan fingerprint density at radius 2 is 1.67 bits per heavy atom. The molecule has 1 aromatic rings. The molecular weight excluding hydrogens is 296 g/mol. The van der Waals surface area contributed by atoms with Gasteiger partial charge in [0.25, 0.3) is 0 Å². The zero-order valence-corrected chi connectivity index (χ0v) is 13.5. The normalized spacial score (nSPS) is 20.8. The van der Waals surface area contributed by atoms with Gasteiger partial charge in [-0.25, -0.2) is 17.5 Å². The van der Waals surface area contributed by atoms with Crippen molar-refractivity contribution in [3.05, 3.63) is 24.0 Å². The predicted molar refractivity (Wildman–Crippen MR) is 78.4 cm³/mol. The molecular formula is C13H19BFNO4S. The van der Waals surface area contributed by atoms with Crippen LogP contribution in [0.25, 0.3) is 0 Å². The van der Waals surface area contributed by atoms with Crippen LogP contribution >= 0.6 is 0 Å². The number of nitrogens with one attached hydrogen (secondary N) is 1. The van der Waals surface area contributed by atoms with Crippen molar-refractivity contribution in [3.8, 4) is 0 Å². The maximum atomic E-state index is 13.6. The molecule has 1 saturated heterocycles. The van der Waals surface area contributed by atoms with Gasteiger partial charge in [-0.15, -0.1) is 0 Å². The average Bonchev–Trinajstić information content (AvgIpc) is 2.58. The molecule has 1 aliphatic rings. The van der Waals surface area contributed by atoms with Crippen LogP contribution in [0, 0.1) is 5.82 Å². The molecule has 0 aliphatic carbocycles. The van der Waals surface area contributed by atoms with Crippen LogP contribution in [0.1, 0.15) is 27.7 Å². The van der Waals surface area contributed by atoms with Crippen molar-refractivity contribution < 1.29 is 22.1 Å². The van der Waals surface area contributed by atoms with Crippen molar-refractivity contribution in [2.75, 3.05) is 7.05 Å². The summed E-state index contributed by atoms with van der Waals surface area (Å²) in [6.07, 6.45) is 0. The summed E-state index contributed by atoms with van der Waals surface area (Å²) < 4.78 is 51.5. The van der Waals surface area contributed by atoms with E-state index in [1.165, 1.54) is 13.1 Å². The zero-order valence-electron chi connectivity index (χ0n) is 12.7. The maximum absolute atomic E-state index is 13.6. The monoisotopic (exact) mass is 315 g/mol. The van der Waals surface area contributed by atoms with Crippen molar-refractivity contribution in [3.63, 3.8) is 0 Å². The fourth-order valence-corrected chi connectivity index (χ4v) is 2.96. The van der Waals surface area contributed by atoms with Gasteiger partial charge in [0, 0.05) is 5.46 Å². The molecule has 0 spiro atoms. The molecule has 1 N–H and O–H groups in total. The average molecular weight is 315 g/mol. The Kier molecular flexibility index (Phi) is 3.95. The minimum absolute atomic E-state index is 0.0510. The molecule has 0 bridgehead atoms. The molecule has 116 valence electrons. The quantitative estimate of drug-likeness (QED) is 0.846. The molecule has 21 heavy (non-hydrogen) atoms. The van der Waals surface area contributed by atoms with Crippen LogP contribution in [0.3, 0.4) is 0 Å². The van der Waals surface area contributed by atoms with Gasteiger partial charge in [0.05, 0.1) is 16.1 Å². The third-order valence-electron chi connectivity index (χ3n) is 4.04. The summed E-state index contributed by atoms with van der Waals surface area (Å²) in [5, 5.41) is 0. The van der Waals surface area contributed by atoms with Crippen LogP contribution in [0.5, 0.6) is 0 Å². The molecule has 8 heteroatoms. The number of hydrogen-bond acceptors (Lipinski definition) is 4. The van der Waals surface area contributed by atoms with Crippen LogP contribution in [0.2, 0.25) is 0 Å². The lowest BCUT2D eigenvalue weighted by Crippen LogP contribution is -2.41. The minimum atomic E-state index is -3.73. The van der Waals surface area contributed by atoms with Crippen molar-refractivity contribution in [2.45, 2.75) is 43.8 Å². The lowest BCUT2D eigenvalue weighted by Gasteiger charge is -2.32. The highest BCUT2D eigenvalue weighted by Gasteiger charge is 2.52. The highest BCUT2D eigenvalue weighted by atomic mass is 32.2. The third-order valence-corrected chi connectivity index (χ3v) is 5.53. The molecule has 0 saturated carbocycles. The van der Waals surface area contributed by atoms with E-state index in [9.17, 15) is 12.8 Å². The Balaban J connectivity index is 2.53. The second-order valence-corrected chi connectivity index (χ2v) is 7.83. The Hall–Kier alpha value is -0.955. The molecule has 0 atom stereocenters. The molecule has 0 unspecified atom stereocenters. The lowest BCUT2D eigenvalue weighted by atomic mass is 9.79. The van der Waals surface area contributed by atoms with E-state index in [0.717, 1.165) is 12.1 Å². The second-order valence-electron chi connectivity index (χ2n) is 5.98. The largest absolute Gasteiger partial charge is 0.496 e. The predicted octanol–water partition coefficient (Wildman–Crippen LogP) is 1.03. The van der Waals surface area contributed by atoms with Crippen LogP contribution in [-0.4, -0.2) is 33.8 Å². The first-order valence-electron chi connectivity index (χ1n) is 6.59. The van der Waals surface area contributed by atoms with E-state index in [1.807, 2.05) is 27.7 Å². The number of sulfonamides is 1. The molecule has 1 aliphatic heterocycles. The van der Waals surface area contributed by atoms with Gasteiger partial charge in [0.15, 0.2) is 0 Å². The van der Waals surface area contributed by atoms with Crippen molar-refractivity contribution in [1.29, 1.82) is 0 Å². The zero-order chi connectivity index (χ0) is 16.1. The minimum Gasteiger partial charge on any atom is -0.399 e. The first-order valence-corrected chi connectivity index (χ1v) is 8.07. The SMILES string of the molecule is CNS(=O)(=O)c1ccc(F)cc1B1OC(C)(C)C(C)(C)O1. The van der Waals surface area contributed by atoms with E-state index in [-0.39, 0.29) is 10.4 Å². The Bertz CT molecular complexity index is 644. The van der Waals surface area contributed by atoms with E-state index in [2.05, 4.69) is 4.72 Å². The van der Waals surface area contributed by atoms with Gasteiger partial charge in [-0.1, -0.05) is 0 Å². The van der Waals surface area contributed by atoms with Gasteiger partial charge in [0.2, 0.25) is 10.0 Å². The standard InChI is InChI=1S/C13H19BFNO4S/c1-12(2)13(3,4)20-14(19-12)10-8-9(15)6-7-11(10)21(17,18)16-5/h6-8,16H,1-5H3. The van der Waals surface area contributed by atoms with Crippen molar-refractivity contribution in [1.82, 2.24) is 4.72 Å². The number of halogens is 1. The smallest absolute Gasteiger partial charge is 0.399 e. The summed E-state index contributed by atoms with van der Waals surface area (Å²) in [7, 11) is -3.38. The molecule has 0 aromatic heterocycles. The third kappa shape index (κ3) is 2.85.